The number of aromatic nitrogens is 4. The van der Waals surface area contributed by atoms with Gasteiger partial charge in [-0.1, -0.05) is 12.1 Å². The van der Waals surface area contributed by atoms with E-state index in [4.69, 9.17) is 0 Å². The summed E-state index contributed by atoms with van der Waals surface area (Å²) >= 11 is 0. The van der Waals surface area contributed by atoms with Crippen molar-refractivity contribution in [3.05, 3.63) is 71.4 Å². The van der Waals surface area contributed by atoms with Crippen molar-refractivity contribution in [1.29, 1.82) is 0 Å². The Hall–Kier alpha value is -3.59. The molecule has 31 heavy (non-hydrogen) atoms. The van der Waals surface area contributed by atoms with Crippen LogP contribution in [-0.4, -0.2) is 31.9 Å². The number of rotatable bonds is 7. The van der Waals surface area contributed by atoms with Crippen LogP contribution in [0.3, 0.4) is 0 Å². The molecule has 2 aromatic carbocycles. The number of fused-ring (bicyclic) bond motifs is 1. The van der Waals surface area contributed by atoms with E-state index in [1.165, 1.54) is 24.3 Å². The molecular weight excluding hydrogens is 402 g/mol. The predicted octanol–water partition coefficient (Wildman–Crippen LogP) is 4.40. The van der Waals surface area contributed by atoms with Crippen LogP contribution >= 0.6 is 0 Å². The monoisotopic (exact) mass is 422 g/mol. The lowest BCUT2D eigenvalue weighted by Gasteiger charge is -2.18. The number of anilines is 3. The Kier molecular flexibility index (Phi) is 4.95. The van der Waals surface area contributed by atoms with Crippen molar-refractivity contribution in [2.75, 3.05) is 17.2 Å². The molecule has 1 aliphatic carbocycles. The molecule has 1 fully saturated rings. The van der Waals surface area contributed by atoms with E-state index in [0.29, 0.717) is 34.0 Å². The fourth-order valence-corrected chi connectivity index (χ4v) is 3.47. The van der Waals surface area contributed by atoms with Gasteiger partial charge >= 0.3 is 0 Å². The summed E-state index contributed by atoms with van der Waals surface area (Å²) in [6.07, 6.45) is 2.30. The van der Waals surface area contributed by atoms with Gasteiger partial charge in [-0.15, -0.1) is 0 Å². The molecule has 2 aromatic heterocycles. The van der Waals surface area contributed by atoms with Crippen LogP contribution in [0.15, 0.2) is 48.5 Å². The van der Waals surface area contributed by atoms with Crippen LogP contribution in [0.2, 0.25) is 0 Å². The summed E-state index contributed by atoms with van der Waals surface area (Å²) in [5, 5.41) is 24.0. The molecule has 7 nitrogen and oxygen atoms in total. The van der Waals surface area contributed by atoms with Crippen molar-refractivity contribution in [1.82, 2.24) is 20.2 Å². The Balaban J connectivity index is 1.49. The van der Waals surface area contributed by atoms with Gasteiger partial charge in [0, 0.05) is 29.1 Å². The first-order valence-corrected chi connectivity index (χ1v) is 10.0. The molecule has 1 unspecified atom stereocenters. The zero-order chi connectivity index (χ0) is 21.4. The summed E-state index contributed by atoms with van der Waals surface area (Å²) < 4.78 is 27.1. The SMILES string of the molecule is OCC(Nc1nc(Nc2cc(C3CC3)[nH]n2)c2ccc(F)cc2n1)c1ccc(F)cc1. The van der Waals surface area contributed by atoms with E-state index in [0.717, 1.165) is 18.5 Å². The average Bonchev–Trinajstić information content (AvgIpc) is 3.51. The lowest BCUT2D eigenvalue weighted by molar-refractivity contribution is 0.276. The fraction of sp³-hybridized carbons (Fsp3) is 0.227. The Morgan fingerprint density at radius 3 is 2.55 bits per heavy atom. The van der Waals surface area contributed by atoms with Crippen molar-refractivity contribution >= 4 is 28.5 Å². The molecule has 158 valence electrons. The Morgan fingerprint density at radius 2 is 1.81 bits per heavy atom. The molecule has 0 spiro atoms. The normalized spacial score (nSPS) is 14.5. The van der Waals surface area contributed by atoms with Gasteiger partial charge in [-0.3, -0.25) is 5.10 Å². The molecule has 0 radical (unpaired) electrons. The van der Waals surface area contributed by atoms with Gasteiger partial charge in [-0.2, -0.15) is 10.1 Å². The molecule has 4 N–H and O–H groups in total. The molecule has 0 bridgehead atoms. The molecule has 1 atom stereocenters. The number of aromatic amines is 1. The highest BCUT2D eigenvalue weighted by atomic mass is 19.1. The topological polar surface area (TPSA) is 98.8 Å². The minimum Gasteiger partial charge on any atom is -0.394 e. The van der Waals surface area contributed by atoms with Crippen LogP contribution in [0, 0.1) is 11.6 Å². The van der Waals surface area contributed by atoms with Gasteiger partial charge in [-0.05, 0) is 42.7 Å². The van der Waals surface area contributed by atoms with Crippen LogP contribution in [0.5, 0.6) is 0 Å². The Labute approximate surface area is 176 Å². The highest BCUT2D eigenvalue weighted by Gasteiger charge is 2.25. The summed E-state index contributed by atoms with van der Waals surface area (Å²) in [6.45, 7) is -0.261. The zero-order valence-corrected chi connectivity index (χ0v) is 16.4. The number of H-pyrrole nitrogens is 1. The van der Waals surface area contributed by atoms with Gasteiger partial charge in [0.05, 0.1) is 18.2 Å². The number of aliphatic hydroxyl groups is 1. The molecule has 9 heteroatoms. The van der Waals surface area contributed by atoms with E-state index >= 15 is 0 Å². The average molecular weight is 422 g/mol. The molecule has 0 aliphatic heterocycles. The third-order valence-electron chi connectivity index (χ3n) is 5.28. The van der Waals surface area contributed by atoms with E-state index in [1.807, 2.05) is 6.07 Å². The van der Waals surface area contributed by atoms with Gasteiger partial charge in [-0.25, -0.2) is 13.8 Å². The van der Waals surface area contributed by atoms with E-state index in [1.54, 1.807) is 18.2 Å². The zero-order valence-electron chi connectivity index (χ0n) is 16.4. The largest absolute Gasteiger partial charge is 0.394 e. The van der Waals surface area contributed by atoms with Crippen LogP contribution in [0.4, 0.5) is 26.4 Å². The fourth-order valence-electron chi connectivity index (χ4n) is 3.47. The summed E-state index contributed by atoms with van der Waals surface area (Å²) in [4.78, 5) is 8.93. The van der Waals surface area contributed by atoms with Crippen LogP contribution in [-0.2, 0) is 0 Å². The Morgan fingerprint density at radius 1 is 1.03 bits per heavy atom. The summed E-state index contributed by atoms with van der Waals surface area (Å²) in [6, 6.07) is 11.4. The molecule has 0 saturated heterocycles. The van der Waals surface area contributed by atoms with Crippen LogP contribution in [0.25, 0.3) is 10.9 Å². The summed E-state index contributed by atoms with van der Waals surface area (Å²) in [5.41, 5.74) is 2.14. The molecule has 1 saturated carbocycles. The second-order valence-electron chi connectivity index (χ2n) is 7.60. The van der Waals surface area contributed by atoms with Gasteiger partial charge < -0.3 is 15.7 Å². The van der Waals surface area contributed by atoms with Crippen molar-refractivity contribution in [2.24, 2.45) is 0 Å². The molecule has 2 heterocycles. The Bertz CT molecular complexity index is 1220. The van der Waals surface area contributed by atoms with Crippen molar-refractivity contribution in [2.45, 2.75) is 24.8 Å². The predicted molar refractivity (Wildman–Crippen MR) is 113 cm³/mol. The highest BCUT2D eigenvalue weighted by molar-refractivity contribution is 5.91. The second kappa shape index (κ2) is 7.92. The van der Waals surface area contributed by atoms with Gasteiger partial charge in [0.1, 0.15) is 17.5 Å². The maximum Gasteiger partial charge on any atom is 0.225 e. The highest BCUT2D eigenvalue weighted by Crippen LogP contribution is 2.40. The first-order valence-electron chi connectivity index (χ1n) is 10.0. The van der Waals surface area contributed by atoms with Crippen molar-refractivity contribution in [3.8, 4) is 0 Å². The number of aliphatic hydroxyl groups excluding tert-OH is 1. The maximum atomic E-state index is 13.9. The molecule has 4 aromatic rings. The minimum absolute atomic E-state index is 0.196. The van der Waals surface area contributed by atoms with Gasteiger partial charge in [0.2, 0.25) is 5.95 Å². The molecule has 0 amide bonds. The summed E-state index contributed by atoms with van der Waals surface area (Å²) in [7, 11) is 0. The number of hydrogen-bond donors (Lipinski definition) is 4. The molecule has 5 rings (SSSR count). The smallest absolute Gasteiger partial charge is 0.225 e. The first-order chi connectivity index (χ1) is 15.1. The molecular formula is C22H20F2N6O. The second-order valence-corrected chi connectivity index (χ2v) is 7.60. The quantitative estimate of drug-likeness (QED) is 0.352. The van der Waals surface area contributed by atoms with Crippen molar-refractivity contribution < 1.29 is 13.9 Å². The number of halogens is 2. The van der Waals surface area contributed by atoms with Gasteiger partial charge in [0.15, 0.2) is 5.82 Å². The van der Waals surface area contributed by atoms with E-state index in [-0.39, 0.29) is 18.4 Å². The van der Waals surface area contributed by atoms with Crippen molar-refractivity contribution in [3.63, 3.8) is 0 Å². The lowest BCUT2D eigenvalue weighted by Crippen LogP contribution is -2.17. The lowest BCUT2D eigenvalue weighted by atomic mass is 10.1. The van der Waals surface area contributed by atoms with E-state index in [9.17, 15) is 13.9 Å². The first kappa shape index (κ1) is 19.4. The number of benzene rings is 2. The number of hydrogen-bond acceptors (Lipinski definition) is 6. The number of nitrogens with zero attached hydrogens (tertiary/aromatic N) is 3. The van der Waals surface area contributed by atoms with E-state index in [2.05, 4.69) is 30.8 Å². The molecule has 1 aliphatic rings. The van der Waals surface area contributed by atoms with E-state index < -0.39 is 11.9 Å². The maximum absolute atomic E-state index is 13.9. The minimum atomic E-state index is -0.564. The van der Waals surface area contributed by atoms with Crippen LogP contribution < -0.4 is 10.6 Å². The van der Waals surface area contributed by atoms with Crippen LogP contribution in [0.1, 0.15) is 36.1 Å². The third-order valence-corrected chi connectivity index (χ3v) is 5.28. The van der Waals surface area contributed by atoms with Gasteiger partial charge in [0.25, 0.3) is 0 Å². The number of nitrogens with one attached hydrogen (secondary N) is 3. The third kappa shape index (κ3) is 4.17. The standard InChI is InChI=1S/C22H20F2N6O/c23-14-5-3-13(4-6-14)19(11-31)26-22-25-18-9-15(24)7-8-16(18)21(28-22)27-20-10-17(29-30-20)12-1-2-12/h3-10,12,19,31H,1-2,11H2,(H3,25,26,27,28,29,30). The summed E-state index contributed by atoms with van der Waals surface area (Å²) in [5.74, 6) is 0.996.